The maximum Gasteiger partial charge on any atom is 0.319 e. The van der Waals surface area contributed by atoms with E-state index in [1.54, 1.807) is 13.1 Å². The molecule has 0 unspecified atom stereocenters. The minimum Gasteiger partial charge on any atom is -0.465 e. The Morgan fingerprint density at radius 3 is 2.64 bits per heavy atom. The second-order valence-corrected chi connectivity index (χ2v) is 7.09. The number of thioether (sulfide) groups is 1. The average Bonchev–Trinajstić information content (AvgIpc) is 3.04. The van der Waals surface area contributed by atoms with Crippen LogP contribution in [0.2, 0.25) is 0 Å². The van der Waals surface area contributed by atoms with Crippen LogP contribution in [-0.4, -0.2) is 37.8 Å². The third kappa shape index (κ3) is 3.51. The number of fused-ring (bicyclic) bond motifs is 1. The van der Waals surface area contributed by atoms with Crippen molar-refractivity contribution in [2.24, 2.45) is 0 Å². The first kappa shape index (κ1) is 17.4. The largest absolute Gasteiger partial charge is 0.465 e. The summed E-state index contributed by atoms with van der Waals surface area (Å²) in [6.45, 7) is 7.91. The number of rotatable bonds is 5. The van der Waals surface area contributed by atoms with Gasteiger partial charge in [0.15, 0.2) is 0 Å². The molecule has 0 saturated heterocycles. The molecule has 0 fully saturated rings. The van der Waals surface area contributed by atoms with Crippen molar-refractivity contribution in [3.8, 4) is 5.69 Å². The second kappa shape index (κ2) is 7.23. The predicted molar refractivity (Wildman–Crippen MR) is 98.1 cm³/mol. The quantitative estimate of drug-likeness (QED) is 0.515. The third-order valence-corrected chi connectivity index (χ3v) is 4.88. The highest BCUT2D eigenvalue weighted by atomic mass is 32.2. The van der Waals surface area contributed by atoms with Gasteiger partial charge in [0.2, 0.25) is 0 Å². The molecule has 130 valence electrons. The molecule has 3 rings (SSSR count). The van der Waals surface area contributed by atoms with Crippen LogP contribution in [0.3, 0.4) is 0 Å². The highest BCUT2D eigenvalue weighted by molar-refractivity contribution is 8.00. The molecule has 0 aliphatic heterocycles. The van der Waals surface area contributed by atoms with E-state index in [1.165, 1.54) is 17.3 Å². The lowest BCUT2D eigenvalue weighted by molar-refractivity contribution is -0.142. The minimum absolute atomic E-state index is 0.260. The van der Waals surface area contributed by atoms with Crippen LogP contribution < -0.4 is 0 Å². The number of esters is 1. The zero-order valence-corrected chi connectivity index (χ0v) is 15.5. The average molecular weight is 356 g/mol. The van der Waals surface area contributed by atoms with Gasteiger partial charge in [0.05, 0.1) is 24.2 Å². The molecule has 0 N–H and O–H groups in total. The van der Waals surface area contributed by atoms with E-state index in [0.717, 1.165) is 22.3 Å². The van der Waals surface area contributed by atoms with Crippen molar-refractivity contribution in [2.75, 3.05) is 6.61 Å². The number of aromatic nitrogens is 4. The van der Waals surface area contributed by atoms with Crippen molar-refractivity contribution in [1.82, 2.24) is 20.0 Å². The molecule has 0 spiro atoms. The summed E-state index contributed by atoms with van der Waals surface area (Å²) in [7, 11) is 0. The number of hydrogen-bond donors (Lipinski definition) is 0. The van der Waals surface area contributed by atoms with Gasteiger partial charge in [-0.15, -0.1) is 5.10 Å². The molecule has 0 saturated carbocycles. The standard InChI is InChI=1S/C18H20N4O2S/c1-5-24-18(23)13(4)25-17-16-15(12(3)20-21-17)10-19-22(16)14-8-6-11(2)7-9-14/h6-10,13H,5H2,1-4H3/t13-/m1/s1. The van der Waals surface area contributed by atoms with Crippen LogP contribution in [0.5, 0.6) is 0 Å². The van der Waals surface area contributed by atoms with E-state index < -0.39 is 0 Å². The summed E-state index contributed by atoms with van der Waals surface area (Å²) < 4.78 is 6.93. The molecule has 0 bridgehead atoms. The van der Waals surface area contributed by atoms with Gasteiger partial charge in [0, 0.05) is 5.39 Å². The Labute approximate surface area is 150 Å². The first-order chi connectivity index (χ1) is 12.0. The van der Waals surface area contributed by atoms with Gasteiger partial charge in [0.1, 0.15) is 15.8 Å². The number of carbonyl (C=O) groups is 1. The van der Waals surface area contributed by atoms with E-state index in [9.17, 15) is 4.79 Å². The Hall–Kier alpha value is -2.41. The normalized spacial score (nSPS) is 12.3. The van der Waals surface area contributed by atoms with Crippen molar-refractivity contribution in [3.63, 3.8) is 0 Å². The molecule has 0 aliphatic rings. The maximum absolute atomic E-state index is 12.0. The number of nitrogens with zero attached hydrogens (tertiary/aromatic N) is 4. The van der Waals surface area contributed by atoms with Crippen LogP contribution in [0.15, 0.2) is 35.5 Å². The van der Waals surface area contributed by atoms with Crippen LogP contribution in [0.4, 0.5) is 0 Å². The van der Waals surface area contributed by atoms with Crippen LogP contribution in [0, 0.1) is 13.8 Å². The number of ether oxygens (including phenoxy) is 1. The highest BCUT2D eigenvalue weighted by Crippen LogP contribution is 2.31. The summed E-state index contributed by atoms with van der Waals surface area (Å²) in [5, 5.41) is 14.2. The molecule has 0 radical (unpaired) electrons. The SMILES string of the molecule is CCOC(=O)[C@@H](C)Sc1nnc(C)c2cnn(-c3ccc(C)cc3)c12. The van der Waals surface area contributed by atoms with E-state index in [0.29, 0.717) is 11.6 Å². The first-order valence-corrected chi connectivity index (χ1v) is 9.00. The smallest absolute Gasteiger partial charge is 0.319 e. The Kier molecular flexibility index (Phi) is 5.03. The van der Waals surface area contributed by atoms with Crippen LogP contribution >= 0.6 is 11.8 Å². The Balaban J connectivity index is 2.07. The molecular formula is C18H20N4O2S. The maximum atomic E-state index is 12.0. The van der Waals surface area contributed by atoms with E-state index >= 15 is 0 Å². The molecule has 0 amide bonds. The van der Waals surface area contributed by atoms with Crippen LogP contribution in [0.25, 0.3) is 16.6 Å². The minimum atomic E-state index is -0.374. The summed E-state index contributed by atoms with van der Waals surface area (Å²) in [5.41, 5.74) is 3.79. The van der Waals surface area contributed by atoms with Gasteiger partial charge in [-0.25, -0.2) is 4.68 Å². The fourth-order valence-electron chi connectivity index (χ4n) is 2.48. The van der Waals surface area contributed by atoms with Gasteiger partial charge in [0.25, 0.3) is 0 Å². The molecule has 6 nitrogen and oxygen atoms in total. The number of carbonyl (C=O) groups excluding carboxylic acids is 1. The molecule has 1 atom stereocenters. The van der Waals surface area contributed by atoms with Gasteiger partial charge >= 0.3 is 5.97 Å². The van der Waals surface area contributed by atoms with Crippen LogP contribution in [0.1, 0.15) is 25.1 Å². The number of hydrogen-bond acceptors (Lipinski definition) is 6. The zero-order valence-electron chi connectivity index (χ0n) is 14.7. The molecular weight excluding hydrogens is 336 g/mol. The number of benzene rings is 1. The fraction of sp³-hybridized carbons (Fsp3) is 0.333. The van der Waals surface area contributed by atoms with E-state index in [-0.39, 0.29) is 11.2 Å². The van der Waals surface area contributed by atoms with Crippen molar-refractivity contribution < 1.29 is 9.53 Å². The molecule has 2 aromatic heterocycles. The molecule has 3 aromatic rings. The van der Waals surface area contributed by atoms with Gasteiger partial charge in [-0.1, -0.05) is 29.5 Å². The van der Waals surface area contributed by atoms with Gasteiger partial charge in [-0.05, 0) is 39.8 Å². The van der Waals surface area contributed by atoms with Crippen molar-refractivity contribution in [2.45, 2.75) is 38.0 Å². The van der Waals surface area contributed by atoms with Gasteiger partial charge in [-0.3, -0.25) is 4.79 Å². The summed E-state index contributed by atoms with van der Waals surface area (Å²) >= 11 is 1.34. The van der Waals surface area contributed by atoms with E-state index in [1.807, 2.05) is 49.7 Å². The number of aryl methyl sites for hydroxylation is 2. The summed E-state index contributed by atoms with van der Waals surface area (Å²) in [6.07, 6.45) is 1.79. The Morgan fingerprint density at radius 1 is 1.24 bits per heavy atom. The lowest BCUT2D eigenvalue weighted by Gasteiger charge is -2.12. The predicted octanol–water partition coefficient (Wildman–Crippen LogP) is 3.48. The van der Waals surface area contributed by atoms with Crippen molar-refractivity contribution in [1.29, 1.82) is 0 Å². The summed E-state index contributed by atoms with van der Waals surface area (Å²) in [6, 6.07) is 8.11. The topological polar surface area (TPSA) is 69.9 Å². The van der Waals surface area contributed by atoms with E-state index in [4.69, 9.17) is 4.74 Å². The highest BCUT2D eigenvalue weighted by Gasteiger charge is 2.21. The lowest BCUT2D eigenvalue weighted by Crippen LogP contribution is -2.17. The monoisotopic (exact) mass is 356 g/mol. The zero-order chi connectivity index (χ0) is 18.0. The van der Waals surface area contributed by atoms with E-state index in [2.05, 4.69) is 15.3 Å². The molecule has 7 heteroatoms. The Bertz CT molecular complexity index is 905. The summed E-state index contributed by atoms with van der Waals surface area (Å²) in [4.78, 5) is 12.0. The molecule has 0 aliphatic carbocycles. The first-order valence-electron chi connectivity index (χ1n) is 8.12. The molecule has 2 heterocycles. The summed E-state index contributed by atoms with van der Waals surface area (Å²) in [5.74, 6) is -0.260. The van der Waals surface area contributed by atoms with Crippen molar-refractivity contribution in [3.05, 3.63) is 41.7 Å². The third-order valence-electron chi connectivity index (χ3n) is 3.84. The second-order valence-electron chi connectivity index (χ2n) is 5.76. The molecule has 1 aromatic carbocycles. The van der Waals surface area contributed by atoms with Crippen molar-refractivity contribution >= 4 is 28.6 Å². The van der Waals surface area contributed by atoms with Gasteiger partial charge < -0.3 is 4.74 Å². The molecule has 25 heavy (non-hydrogen) atoms. The Morgan fingerprint density at radius 2 is 1.96 bits per heavy atom. The van der Waals surface area contributed by atoms with Gasteiger partial charge in [-0.2, -0.15) is 10.2 Å². The lowest BCUT2D eigenvalue weighted by atomic mass is 10.2. The van der Waals surface area contributed by atoms with Crippen LogP contribution in [-0.2, 0) is 9.53 Å². The fourth-order valence-corrected chi connectivity index (χ4v) is 3.37.